The second-order valence-electron chi connectivity index (χ2n) is 4.98. The first-order chi connectivity index (χ1) is 9.63. The van der Waals surface area contributed by atoms with Crippen LogP contribution < -0.4 is 10.2 Å². The third kappa shape index (κ3) is 6.57. The van der Waals surface area contributed by atoms with Gasteiger partial charge in [0.2, 0.25) is 5.91 Å². The number of anilines is 1. The van der Waals surface area contributed by atoms with Crippen molar-refractivity contribution in [2.45, 2.75) is 33.3 Å². The summed E-state index contributed by atoms with van der Waals surface area (Å²) >= 11 is 0. The molecule has 112 valence electrons. The van der Waals surface area contributed by atoms with Gasteiger partial charge in [-0.2, -0.15) is 0 Å². The smallest absolute Gasteiger partial charge is 0.246 e. The molecule has 0 saturated carbocycles. The molecule has 0 bridgehead atoms. The molecule has 0 atom stereocenters. The predicted molar refractivity (Wildman–Crippen MR) is 83.0 cm³/mol. The fraction of sp³-hybridized carbons (Fsp3) is 0.562. The molecule has 1 N–H and O–H groups in total. The summed E-state index contributed by atoms with van der Waals surface area (Å²) in [7, 11) is 0. The maximum absolute atomic E-state index is 11.5. The number of benzene rings is 1. The average Bonchev–Trinajstić information content (AvgIpc) is 2.46. The number of rotatable bonds is 9. The lowest BCUT2D eigenvalue weighted by molar-refractivity contribution is -0.127. The number of ether oxygens (including phenoxy) is 1. The number of hydrogen-bond donors (Lipinski definition) is 1. The van der Waals surface area contributed by atoms with Crippen LogP contribution in [0.15, 0.2) is 30.3 Å². The molecule has 4 heteroatoms. The molecular weight excluding hydrogens is 252 g/mol. The van der Waals surface area contributed by atoms with Gasteiger partial charge < -0.3 is 15.0 Å². The van der Waals surface area contributed by atoms with Crippen LogP contribution in [-0.2, 0) is 9.53 Å². The van der Waals surface area contributed by atoms with Crippen LogP contribution in [0.4, 0.5) is 5.69 Å². The van der Waals surface area contributed by atoms with Gasteiger partial charge in [0.25, 0.3) is 0 Å². The Bertz CT molecular complexity index is 379. The summed E-state index contributed by atoms with van der Waals surface area (Å²) in [5.41, 5.74) is 1.23. The zero-order chi connectivity index (χ0) is 14.8. The van der Waals surface area contributed by atoms with Gasteiger partial charge in [-0.3, -0.25) is 4.79 Å². The van der Waals surface area contributed by atoms with E-state index >= 15 is 0 Å². The molecule has 0 aromatic heterocycles. The van der Waals surface area contributed by atoms with Crippen molar-refractivity contribution >= 4 is 11.6 Å². The number of nitrogens with one attached hydrogen (secondary N) is 1. The molecule has 1 aromatic rings. The monoisotopic (exact) mass is 278 g/mol. The average molecular weight is 278 g/mol. The highest BCUT2D eigenvalue weighted by Crippen LogP contribution is 2.12. The van der Waals surface area contributed by atoms with E-state index in [-0.39, 0.29) is 18.6 Å². The summed E-state index contributed by atoms with van der Waals surface area (Å²) in [6.07, 6.45) is 1.02. The minimum atomic E-state index is -0.0403. The Hall–Kier alpha value is -1.55. The van der Waals surface area contributed by atoms with Crippen LogP contribution in [-0.4, -0.2) is 38.3 Å². The molecule has 1 amide bonds. The summed E-state index contributed by atoms with van der Waals surface area (Å²) in [5.74, 6) is -0.0403. The lowest BCUT2D eigenvalue weighted by Gasteiger charge is -2.23. The Kier molecular flexibility index (Phi) is 7.73. The molecular formula is C16H26N2O2. The summed E-state index contributed by atoms with van der Waals surface area (Å²) in [6, 6.07) is 10.3. The first kappa shape index (κ1) is 16.5. The van der Waals surface area contributed by atoms with Crippen molar-refractivity contribution in [3.63, 3.8) is 0 Å². The van der Waals surface area contributed by atoms with Gasteiger partial charge in [0.15, 0.2) is 0 Å². The molecule has 0 unspecified atom stereocenters. The minimum Gasteiger partial charge on any atom is -0.372 e. The maximum atomic E-state index is 11.5. The first-order valence-electron chi connectivity index (χ1n) is 7.31. The van der Waals surface area contributed by atoms with Crippen molar-refractivity contribution in [1.82, 2.24) is 5.32 Å². The van der Waals surface area contributed by atoms with Crippen molar-refractivity contribution in [2.75, 3.05) is 31.1 Å². The van der Waals surface area contributed by atoms with Gasteiger partial charge in [-0.05, 0) is 39.3 Å². The zero-order valence-corrected chi connectivity index (χ0v) is 12.8. The van der Waals surface area contributed by atoms with Crippen LogP contribution in [0.25, 0.3) is 0 Å². The second-order valence-corrected chi connectivity index (χ2v) is 4.98. The topological polar surface area (TPSA) is 41.6 Å². The molecule has 0 aliphatic rings. The van der Waals surface area contributed by atoms with E-state index in [1.165, 1.54) is 5.69 Å². The highest BCUT2D eigenvalue weighted by atomic mass is 16.5. The molecule has 0 aliphatic heterocycles. The molecule has 0 saturated heterocycles. The first-order valence-corrected chi connectivity index (χ1v) is 7.31. The summed E-state index contributed by atoms with van der Waals surface area (Å²) in [5, 5.41) is 2.88. The fourth-order valence-corrected chi connectivity index (χ4v) is 1.90. The lowest BCUT2D eigenvalue weighted by Crippen LogP contribution is -2.32. The molecule has 4 nitrogen and oxygen atoms in total. The van der Waals surface area contributed by atoms with Gasteiger partial charge in [-0.25, -0.2) is 0 Å². The number of carbonyl (C=O) groups excluding carboxylic acids is 1. The van der Waals surface area contributed by atoms with Crippen molar-refractivity contribution in [1.29, 1.82) is 0 Å². The van der Waals surface area contributed by atoms with Gasteiger partial charge in [-0.15, -0.1) is 0 Å². The number of hydrogen-bond acceptors (Lipinski definition) is 3. The molecule has 20 heavy (non-hydrogen) atoms. The summed E-state index contributed by atoms with van der Waals surface area (Å²) in [4.78, 5) is 13.8. The van der Waals surface area contributed by atoms with Gasteiger partial charge in [0, 0.05) is 25.3 Å². The molecule has 0 aliphatic carbocycles. The van der Waals surface area contributed by atoms with E-state index in [2.05, 4.69) is 29.3 Å². The van der Waals surface area contributed by atoms with E-state index in [0.717, 1.165) is 19.5 Å². The van der Waals surface area contributed by atoms with Gasteiger partial charge in [-0.1, -0.05) is 18.2 Å². The summed E-state index contributed by atoms with van der Waals surface area (Å²) < 4.78 is 5.25. The van der Waals surface area contributed by atoms with Crippen LogP contribution in [0.1, 0.15) is 27.2 Å². The Morgan fingerprint density at radius 3 is 2.60 bits per heavy atom. The minimum absolute atomic E-state index is 0.0403. The third-order valence-electron chi connectivity index (χ3n) is 2.98. The van der Waals surface area contributed by atoms with Crippen molar-refractivity contribution in [3.8, 4) is 0 Å². The van der Waals surface area contributed by atoms with E-state index < -0.39 is 0 Å². The van der Waals surface area contributed by atoms with Gasteiger partial charge in [0.05, 0.1) is 6.10 Å². The highest BCUT2D eigenvalue weighted by molar-refractivity contribution is 5.77. The van der Waals surface area contributed by atoms with E-state index in [9.17, 15) is 4.79 Å². The number of para-hydroxylation sites is 1. The van der Waals surface area contributed by atoms with E-state index in [4.69, 9.17) is 4.74 Å². The van der Waals surface area contributed by atoms with Crippen molar-refractivity contribution in [3.05, 3.63) is 30.3 Å². The number of nitrogens with zero attached hydrogens (tertiary/aromatic N) is 1. The Morgan fingerprint density at radius 2 is 2.00 bits per heavy atom. The van der Waals surface area contributed by atoms with Crippen LogP contribution in [0.3, 0.4) is 0 Å². The Balaban J connectivity index is 2.21. The lowest BCUT2D eigenvalue weighted by atomic mass is 10.2. The van der Waals surface area contributed by atoms with Crippen LogP contribution in [0.5, 0.6) is 0 Å². The van der Waals surface area contributed by atoms with E-state index in [0.29, 0.717) is 6.54 Å². The Labute approximate surface area is 122 Å². The van der Waals surface area contributed by atoms with Crippen molar-refractivity contribution < 1.29 is 9.53 Å². The molecule has 1 rings (SSSR count). The van der Waals surface area contributed by atoms with Crippen molar-refractivity contribution in [2.24, 2.45) is 0 Å². The quantitative estimate of drug-likeness (QED) is 0.705. The van der Waals surface area contributed by atoms with Gasteiger partial charge in [0.1, 0.15) is 6.61 Å². The second kappa shape index (κ2) is 9.37. The summed E-state index contributed by atoms with van der Waals surface area (Å²) in [6.45, 7) is 8.72. The molecule has 0 heterocycles. The number of amides is 1. The van der Waals surface area contributed by atoms with Crippen LogP contribution >= 0.6 is 0 Å². The maximum Gasteiger partial charge on any atom is 0.246 e. The molecule has 1 aromatic carbocycles. The highest BCUT2D eigenvalue weighted by Gasteiger charge is 2.05. The zero-order valence-electron chi connectivity index (χ0n) is 12.8. The third-order valence-corrected chi connectivity index (χ3v) is 2.98. The van der Waals surface area contributed by atoms with Crippen LogP contribution in [0, 0.1) is 0 Å². The SMILES string of the molecule is CCN(CCCNC(=O)COC(C)C)c1ccccc1. The normalized spacial score (nSPS) is 10.6. The molecule has 0 spiro atoms. The number of carbonyl (C=O) groups is 1. The van der Waals surface area contributed by atoms with E-state index in [1.807, 2.05) is 32.0 Å². The molecule has 0 radical (unpaired) electrons. The molecule has 0 fully saturated rings. The van der Waals surface area contributed by atoms with Gasteiger partial charge >= 0.3 is 0 Å². The Morgan fingerprint density at radius 1 is 1.30 bits per heavy atom. The predicted octanol–water partition coefficient (Wildman–Crippen LogP) is 2.44. The largest absolute Gasteiger partial charge is 0.372 e. The van der Waals surface area contributed by atoms with E-state index in [1.54, 1.807) is 0 Å². The standard InChI is InChI=1S/C16H26N2O2/c1-4-18(15-9-6-5-7-10-15)12-8-11-17-16(19)13-20-14(2)3/h5-7,9-10,14H,4,8,11-13H2,1-3H3,(H,17,19). The fourth-order valence-electron chi connectivity index (χ4n) is 1.90. The van der Waals surface area contributed by atoms with Crippen LogP contribution in [0.2, 0.25) is 0 Å².